The lowest BCUT2D eigenvalue weighted by Gasteiger charge is -2.25. The van der Waals surface area contributed by atoms with E-state index in [2.05, 4.69) is 12.2 Å². The molecule has 1 amide bonds. The molecule has 3 aromatic carbocycles. The summed E-state index contributed by atoms with van der Waals surface area (Å²) >= 11 is 12.2. The molecule has 0 aliphatic rings. The van der Waals surface area contributed by atoms with Crippen molar-refractivity contribution in [1.29, 1.82) is 0 Å². The van der Waals surface area contributed by atoms with E-state index in [4.69, 9.17) is 23.2 Å². The predicted molar refractivity (Wildman–Crippen MR) is 135 cm³/mol. The van der Waals surface area contributed by atoms with Crippen molar-refractivity contribution in [2.24, 2.45) is 0 Å². The summed E-state index contributed by atoms with van der Waals surface area (Å²) in [5.41, 5.74) is 3.31. The zero-order chi connectivity index (χ0) is 24.2. The molecule has 8 heteroatoms. The Bertz CT molecular complexity index is 1230. The number of hydrogen-bond donors (Lipinski definition) is 1. The Morgan fingerprint density at radius 2 is 1.61 bits per heavy atom. The third kappa shape index (κ3) is 6.08. The number of nitrogens with zero attached hydrogens (tertiary/aromatic N) is 1. The zero-order valence-electron chi connectivity index (χ0n) is 18.7. The van der Waals surface area contributed by atoms with Crippen LogP contribution in [0.15, 0.2) is 71.6 Å². The third-order valence-electron chi connectivity index (χ3n) is 5.35. The maximum absolute atomic E-state index is 13.5. The van der Waals surface area contributed by atoms with Crippen molar-refractivity contribution < 1.29 is 13.2 Å². The molecule has 0 radical (unpaired) electrons. The minimum absolute atomic E-state index is 0.0789. The van der Waals surface area contributed by atoms with Gasteiger partial charge in [0, 0.05) is 0 Å². The first kappa shape index (κ1) is 25.1. The van der Waals surface area contributed by atoms with Crippen LogP contribution < -0.4 is 9.62 Å². The maximum atomic E-state index is 13.5. The number of rotatable bonds is 8. The van der Waals surface area contributed by atoms with Crippen LogP contribution in [0, 0.1) is 6.92 Å². The second-order valence-electron chi connectivity index (χ2n) is 7.81. The number of sulfonamides is 1. The molecular formula is C25H26Cl2N2O3S. The van der Waals surface area contributed by atoms with Crippen LogP contribution in [0.4, 0.5) is 5.69 Å². The van der Waals surface area contributed by atoms with Gasteiger partial charge in [-0.3, -0.25) is 9.10 Å². The maximum Gasteiger partial charge on any atom is 0.264 e. The first-order valence-corrected chi connectivity index (χ1v) is 12.7. The molecule has 3 aromatic rings. The third-order valence-corrected chi connectivity index (χ3v) is 7.88. The molecular weight excluding hydrogens is 479 g/mol. The number of amides is 1. The standard InChI is InChI=1S/C25H26Cl2N2O3S/c1-4-19-7-9-20(10-8-19)18(3)28-25(30)16-29(21-11-14-23(26)24(27)15-21)33(31,32)22-12-5-17(2)6-13-22/h5-15,18H,4,16H2,1-3H3,(H,28,30)/t18-/m0/s1. The number of carbonyl (C=O) groups excluding carboxylic acids is 1. The number of aryl methyl sites for hydroxylation is 2. The topological polar surface area (TPSA) is 66.5 Å². The lowest BCUT2D eigenvalue weighted by atomic mass is 10.1. The Hall–Kier alpha value is -2.54. The molecule has 0 aliphatic carbocycles. The van der Waals surface area contributed by atoms with E-state index < -0.39 is 22.5 Å². The van der Waals surface area contributed by atoms with Crippen LogP contribution in [-0.4, -0.2) is 20.9 Å². The molecule has 0 unspecified atom stereocenters. The summed E-state index contributed by atoms with van der Waals surface area (Å²) in [4.78, 5) is 13.0. The van der Waals surface area contributed by atoms with Gasteiger partial charge in [-0.05, 0) is 61.7 Å². The summed E-state index contributed by atoms with van der Waals surface area (Å²) < 4.78 is 28.0. The number of benzene rings is 3. The van der Waals surface area contributed by atoms with Gasteiger partial charge in [0.1, 0.15) is 6.54 Å². The van der Waals surface area contributed by atoms with Crippen molar-refractivity contribution >= 4 is 44.8 Å². The van der Waals surface area contributed by atoms with E-state index in [9.17, 15) is 13.2 Å². The highest BCUT2D eigenvalue weighted by Crippen LogP contribution is 2.30. The van der Waals surface area contributed by atoms with E-state index in [0.29, 0.717) is 5.02 Å². The average molecular weight is 505 g/mol. The van der Waals surface area contributed by atoms with Gasteiger partial charge < -0.3 is 5.32 Å². The van der Waals surface area contributed by atoms with Gasteiger partial charge in [0.25, 0.3) is 10.0 Å². The first-order valence-electron chi connectivity index (χ1n) is 10.5. The van der Waals surface area contributed by atoms with Gasteiger partial charge in [-0.1, -0.05) is 72.1 Å². The highest BCUT2D eigenvalue weighted by Gasteiger charge is 2.28. The van der Waals surface area contributed by atoms with Crippen molar-refractivity contribution in [1.82, 2.24) is 5.32 Å². The average Bonchev–Trinajstić information content (AvgIpc) is 2.79. The summed E-state index contributed by atoms with van der Waals surface area (Å²) in [6.07, 6.45) is 0.927. The summed E-state index contributed by atoms with van der Waals surface area (Å²) in [6.45, 7) is 5.39. The summed E-state index contributed by atoms with van der Waals surface area (Å²) in [5, 5.41) is 3.38. The number of hydrogen-bond acceptors (Lipinski definition) is 3. The number of anilines is 1. The molecule has 0 fully saturated rings. The fourth-order valence-corrected chi connectivity index (χ4v) is 5.04. The normalized spacial score (nSPS) is 12.3. The minimum Gasteiger partial charge on any atom is -0.348 e. The van der Waals surface area contributed by atoms with Gasteiger partial charge in [0.2, 0.25) is 5.91 Å². The van der Waals surface area contributed by atoms with Gasteiger partial charge in [-0.2, -0.15) is 0 Å². The fourth-order valence-electron chi connectivity index (χ4n) is 3.34. The van der Waals surface area contributed by atoms with Crippen molar-refractivity contribution in [2.75, 3.05) is 10.8 Å². The van der Waals surface area contributed by atoms with Gasteiger partial charge in [0.15, 0.2) is 0 Å². The zero-order valence-corrected chi connectivity index (χ0v) is 21.0. The molecule has 0 aromatic heterocycles. The SMILES string of the molecule is CCc1ccc([C@H](C)NC(=O)CN(c2ccc(Cl)c(Cl)c2)S(=O)(=O)c2ccc(C)cc2)cc1. The lowest BCUT2D eigenvalue weighted by Crippen LogP contribution is -2.41. The molecule has 0 aliphatic heterocycles. The highest BCUT2D eigenvalue weighted by atomic mass is 35.5. The van der Waals surface area contributed by atoms with Gasteiger partial charge in [0.05, 0.1) is 26.7 Å². The fraction of sp³-hybridized carbons (Fsp3) is 0.240. The monoisotopic (exact) mass is 504 g/mol. The van der Waals surface area contributed by atoms with E-state index in [1.807, 2.05) is 38.1 Å². The van der Waals surface area contributed by atoms with Crippen LogP contribution in [0.5, 0.6) is 0 Å². The van der Waals surface area contributed by atoms with E-state index in [1.54, 1.807) is 12.1 Å². The van der Waals surface area contributed by atoms with E-state index in [-0.39, 0.29) is 21.6 Å². The van der Waals surface area contributed by atoms with E-state index in [0.717, 1.165) is 21.9 Å². The Morgan fingerprint density at radius 3 is 2.18 bits per heavy atom. The van der Waals surface area contributed by atoms with Gasteiger partial charge in [-0.25, -0.2) is 8.42 Å². The van der Waals surface area contributed by atoms with Crippen LogP contribution in [-0.2, 0) is 21.2 Å². The van der Waals surface area contributed by atoms with Crippen LogP contribution >= 0.6 is 23.2 Å². The van der Waals surface area contributed by atoms with Crippen LogP contribution in [0.1, 0.15) is 36.6 Å². The molecule has 0 saturated heterocycles. The van der Waals surface area contributed by atoms with E-state index in [1.165, 1.54) is 35.9 Å². The Labute approximate surface area is 205 Å². The molecule has 0 bridgehead atoms. The van der Waals surface area contributed by atoms with E-state index >= 15 is 0 Å². The Morgan fingerprint density at radius 1 is 0.970 bits per heavy atom. The second kappa shape index (κ2) is 10.6. The minimum atomic E-state index is -4.03. The van der Waals surface area contributed by atoms with Crippen LogP contribution in [0.3, 0.4) is 0 Å². The smallest absolute Gasteiger partial charge is 0.264 e. The molecule has 174 valence electrons. The molecule has 33 heavy (non-hydrogen) atoms. The molecule has 1 atom stereocenters. The quantitative estimate of drug-likeness (QED) is 0.412. The lowest BCUT2D eigenvalue weighted by molar-refractivity contribution is -0.120. The van der Waals surface area contributed by atoms with Crippen molar-refractivity contribution in [3.8, 4) is 0 Å². The Kier molecular flexibility index (Phi) is 8.05. The molecule has 1 N–H and O–H groups in total. The van der Waals surface area contributed by atoms with Crippen molar-refractivity contribution in [2.45, 2.75) is 38.1 Å². The number of carbonyl (C=O) groups is 1. The molecule has 0 spiro atoms. The van der Waals surface area contributed by atoms with Crippen molar-refractivity contribution in [3.05, 3.63) is 93.5 Å². The second-order valence-corrected chi connectivity index (χ2v) is 10.5. The van der Waals surface area contributed by atoms with Crippen LogP contribution in [0.25, 0.3) is 0 Å². The molecule has 0 saturated carbocycles. The molecule has 0 heterocycles. The highest BCUT2D eigenvalue weighted by molar-refractivity contribution is 7.92. The first-order chi connectivity index (χ1) is 15.6. The number of halogens is 2. The summed E-state index contributed by atoms with van der Waals surface area (Å²) in [5.74, 6) is -0.441. The Balaban J connectivity index is 1.89. The molecule has 3 rings (SSSR count). The number of nitrogens with one attached hydrogen (secondary N) is 1. The van der Waals surface area contributed by atoms with Gasteiger partial charge in [-0.15, -0.1) is 0 Å². The summed E-state index contributed by atoms with van der Waals surface area (Å²) in [7, 11) is -4.03. The largest absolute Gasteiger partial charge is 0.348 e. The van der Waals surface area contributed by atoms with Crippen LogP contribution in [0.2, 0.25) is 10.0 Å². The molecule has 5 nitrogen and oxygen atoms in total. The van der Waals surface area contributed by atoms with Gasteiger partial charge >= 0.3 is 0 Å². The predicted octanol–water partition coefficient (Wildman–Crippen LogP) is 5.94. The van der Waals surface area contributed by atoms with Crippen molar-refractivity contribution in [3.63, 3.8) is 0 Å². The summed E-state index contributed by atoms with van der Waals surface area (Å²) in [6, 6.07) is 18.6.